The summed E-state index contributed by atoms with van der Waals surface area (Å²) in [6.07, 6.45) is 9.83. The SMILES string of the molecule is CCCCN1CCCCC1CNC1CC1. The molecule has 0 aromatic carbocycles. The topological polar surface area (TPSA) is 15.3 Å². The Morgan fingerprint density at radius 3 is 2.80 bits per heavy atom. The van der Waals surface area contributed by atoms with E-state index in [1.165, 1.54) is 64.6 Å². The van der Waals surface area contributed by atoms with Gasteiger partial charge in [0, 0.05) is 18.6 Å². The van der Waals surface area contributed by atoms with Crippen LogP contribution in [0, 0.1) is 0 Å². The third kappa shape index (κ3) is 3.76. The van der Waals surface area contributed by atoms with Gasteiger partial charge in [-0.05, 0) is 45.2 Å². The van der Waals surface area contributed by atoms with Crippen molar-refractivity contribution in [1.29, 1.82) is 0 Å². The maximum absolute atomic E-state index is 3.69. The number of piperidine rings is 1. The molecule has 2 rings (SSSR count). The molecule has 2 fully saturated rings. The fourth-order valence-corrected chi connectivity index (χ4v) is 2.54. The van der Waals surface area contributed by atoms with Crippen LogP contribution in [0.4, 0.5) is 0 Å². The van der Waals surface area contributed by atoms with Crippen molar-refractivity contribution < 1.29 is 0 Å². The Kier molecular flexibility index (Phi) is 4.45. The Morgan fingerprint density at radius 1 is 1.20 bits per heavy atom. The monoisotopic (exact) mass is 210 g/mol. The van der Waals surface area contributed by atoms with E-state index in [0.29, 0.717) is 0 Å². The van der Waals surface area contributed by atoms with Gasteiger partial charge in [-0.2, -0.15) is 0 Å². The Hall–Kier alpha value is -0.0800. The Morgan fingerprint density at radius 2 is 2.07 bits per heavy atom. The van der Waals surface area contributed by atoms with E-state index in [0.717, 1.165) is 12.1 Å². The molecule has 1 N–H and O–H groups in total. The Labute approximate surface area is 94.4 Å². The zero-order valence-electron chi connectivity index (χ0n) is 10.2. The van der Waals surface area contributed by atoms with Gasteiger partial charge in [0.2, 0.25) is 0 Å². The number of rotatable bonds is 6. The zero-order chi connectivity index (χ0) is 10.5. The highest BCUT2D eigenvalue weighted by Gasteiger charge is 2.25. The van der Waals surface area contributed by atoms with E-state index in [1.807, 2.05) is 0 Å². The lowest BCUT2D eigenvalue weighted by Crippen LogP contribution is -2.46. The molecule has 0 amide bonds. The van der Waals surface area contributed by atoms with Crippen LogP contribution in [-0.2, 0) is 0 Å². The number of likely N-dealkylation sites (tertiary alicyclic amines) is 1. The van der Waals surface area contributed by atoms with Gasteiger partial charge >= 0.3 is 0 Å². The molecule has 88 valence electrons. The second-order valence-electron chi connectivity index (χ2n) is 5.22. The van der Waals surface area contributed by atoms with Crippen LogP contribution in [0.5, 0.6) is 0 Å². The average Bonchev–Trinajstić information content (AvgIpc) is 3.08. The maximum atomic E-state index is 3.69. The summed E-state index contributed by atoms with van der Waals surface area (Å²) in [6, 6.07) is 1.71. The van der Waals surface area contributed by atoms with E-state index in [2.05, 4.69) is 17.1 Å². The molecule has 1 aliphatic heterocycles. The Balaban J connectivity index is 1.70. The summed E-state index contributed by atoms with van der Waals surface area (Å²) in [5.74, 6) is 0. The molecule has 0 aromatic heterocycles. The van der Waals surface area contributed by atoms with Crippen molar-refractivity contribution in [3.05, 3.63) is 0 Å². The fraction of sp³-hybridized carbons (Fsp3) is 1.00. The third-order valence-corrected chi connectivity index (χ3v) is 3.77. The fourth-order valence-electron chi connectivity index (χ4n) is 2.54. The van der Waals surface area contributed by atoms with Crippen molar-refractivity contribution in [1.82, 2.24) is 10.2 Å². The van der Waals surface area contributed by atoms with E-state index in [9.17, 15) is 0 Å². The lowest BCUT2D eigenvalue weighted by molar-refractivity contribution is 0.143. The highest BCUT2D eigenvalue weighted by atomic mass is 15.2. The molecule has 1 heterocycles. The van der Waals surface area contributed by atoms with E-state index in [1.54, 1.807) is 0 Å². The van der Waals surface area contributed by atoms with Crippen LogP contribution in [0.3, 0.4) is 0 Å². The highest BCUT2D eigenvalue weighted by Crippen LogP contribution is 2.21. The molecule has 0 spiro atoms. The van der Waals surface area contributed by atoms with Crippen LogP contribution < -0.4 is 5.32 Å². The van der Waals surface area contributed by atoms with Gasteiger partial charge in [-0.15, -0.1) is 0 Å². The van der Waals surface area contributed by atoms with Gasteiger partial charge in [0.15, 0.2) is 0 Å². The predicted molar refractivity (Wildman–Crippen MR) is 65.1 cm³/mol. The first kappa shape index (κ1) is 11.4. The third-order valence-electron chi connectivity index (χ3n) is 3.77. The molecule has 1 atom stereocenters. The van der Waals surface area contributed by atoms with Crippen molar-refractivity contribution in [3.8, 4) is 0 Å². The lowest BCUT2D eigenvalue weighted by Gasteiger charge is -2.36. The first-order chi connectivity index (χ1) is 7.40. The number of nitrogens with zero attached hydrogens (tertiary/aromatic N) is 1. The van der Waals surface area contributed by atoms with Gasteiger partial charge < -0.3 is 5.32 Å². The largest absolute Gasteiger partial charge is 0.312 e. The molecule has 1 saturated carbocycles. The average molecular weight is 210 g/mol. The second-order valence-corrected chi connectivity index (χ2v) is 5.22. The summed E-state index contributed by atoms with van der Waals surface area (Å²) in [5.41, 5.74) is 0. The normalized spacial score (nSPS) is 28.2. The van der Waals surface area contributed by atoms with Gasteiger partial charge in [-0.3, -0.25) is 4.90 Å². The summed E-state index contributed by atoms with van der Waals surface area (Å²) in [7, 11) is 0. The summed E-state index contributed by atoms with van der Waals surface area (Å²) >= 11 is 0. The van der Waals surface area contributed by atoms with Gasteiger partial charge in [0.25, 0.3) is 0 Å². The van der Waals surface area contributed by atoms with Crippen LogP contribution >= 0.6 is 0 Å². The van der Waals surface area contributed by atoms with Crippen molar-refractivity contribution in [3.63, 3.8) is 0 Å². The quantitative estimate of drug-likeness (QED) is 0.724. The van der Waals surface area contributed by atoms with E-state index in [-0.39, 0.29) is 0 Å². The van der Waals surface area contributed by atoms with E-state index in [4.69, 9.17) is 0 Å². The molecule has 1 aliphatic carbocycles. The van der Waals surface area contributed by atoms with Crippen LogP contribution in [0.1, 0.15) is 51.9 Å². The molecule has 0 radical (unpaired) electrons. The molecule has 2 aliphatic rings. The van der Waals surface area contributed by atoms with Gasteiger partial charge in [-0.1, -0.05) is 19.8 Å². The van der Waals surface area contributed by atoms with Crippen LogP contribution in [0.25, 0.3) is 0 Å². The molecule has 2 nitrogen and oxygen atoms in total. The minimum absolute atomic E-state index is 0.839. The molecule has 1 unspecified atom stereocenters. The summed E-state index contributed by atoms with van der Waals surface area (Å²) in [4.78, 5) is 2.72. The molecular weight excluding hydrogens is 184 g/mol. The van der Waals surface area contributed by atoms with Crippen molar-refractivity contribution in [2.45, 2.75) is 64.0 Å². The van der Waals surface area contributed by atoms with Crippen molar-refractivity contribution in [2.75, 3.05) is 19.6 Å². The van der Waals surface area contributed by atoms with Crippen LogP contribution in [-0.4, -0.2) is 36.6 Å². The molecule has 15 heavy (non-hydrogen) atoms. The van der Waals surface area contributed by atoms with E-state index >= 15 is 0 Å². The summed E-state index contributed by atoms with van der Waals surface area (Å²) in [5, 5.41) is 3.69. The van der Waals surface area contributed by atoms with Crippen LogP contribution in [0.2, 0.25) is 0 Å². The zero-order valence-corrected chi connectivity index (χ0v) is 10.2. The minimum atomic E-state index is 0.839. The smallest absolute Gasteiger partial charge is 0.0220 e. The number of hydrogen-bond donors (Lipinski definition) is 1. The van der Waals surface area contributed by atoms with Crippen molar-refractivity contribution >= 4 is 0 Å². The predicted octanol–water partition coefficient (Wildman–Crippen LogP) is 2.39. The molecular formula is C13H26N2. The first-order valence-corrected chi connectivity index (χ1v) is 6.87. The van der Waals surface area contributed by atoms with Crippen LogP contribution in [0.15, 0.2) is 0 Å². The second kappa shape index (κ2) is 5.86. The van der Waals surface area contributed by atoms with Crippen molar-refractivity contribution in [2.24, 2.45) is 0 Å². The highest BCUT2D eigenvalue weighted by molar-refractivity contribution is 4.85. The molecule has 1 saturated heterocycles. The number of hydrogen-bond acceptors (Lipinski definition) is 2. The molecule has 2 heteroatoms. The summed E-state index contributed by atoms with van der Waals surface area (Å²) in [6.45, 7) is 6.21. The Bertz CT molecular complexity index is 177. The summed E-state index contributed by atoms with van der Waals surface area (Å²) < 4.78 is 0. The lowest BCUT2D eigenvalue weighted by atomic mass is 10.0. The maximum Gasteiger partial charge on any atom is 0.0220 e. The van der Waals surface area contributed by atoms with E-state index < -0.39 is 0 Å². The molecule has 0 bridgehead atoms. The first-order valence-electron chi connectivity index (χ1n) is 6.87. The molecule has 0 aromatic rings. The number of unbranched alkanes of at least 4 members (excludes halogenated alkanes) is 1. The standard InChI is InChI=1S/C13H26N2/c1-2-3-9-15-10-5-4-6-13(15)11-14-12-7-8-12/h12-14H,2-11H2,1H3. The minimum Gasteiger partial charge on any atom is -0.312 e. The van der Waals surface area contributed by atoms with Gasteiger partial charge in [-0.25, -0.2) is 0 Å². The van der Waals surface area contributed by atoms with Gasteiger partial charge in [0.05, 0.1) is 0 Å². The van der Waals surface area contributed by atoms with Gasteiger partial charge in [0.1, 0.15) is 0 Å². The number of nitrogens with one attached hydrogen (secondary N) is 1.